The first-order valence-corrected chi connectivity index (χ1v) is 18.3. The predicted molar refractivity (Wildman–Crippen MR) is 171 cm³/mol. The summed E-state index contributed by atoms with van der Waals surface area (Å²) >= 11 is 4.54. The van der Waals surface area contributed by atoms with Crippen molar-refractivity contribution in [1.29, 1.82) is 0 Å². The third kappa shape index (κ3) is 10.3. The molecule has 0 bridgehead atoms. The van der Waals surface area contributed by atoms with Crippen molar-refractivity contribution < 1.29 is 47.5 Å². The van der Waals surface area contributed by atoms with Crippen LogP contribution >= 0.6 is 0 Å². The topological polar surface area (TPSA) is 73.7 Å². The summed E-state index contributed by atoms with van der Waals surface area (Å²) in [5.74, 6) is -0.489. The predicted octanol–water partition coefficient (Wildman–Crippen LogP) is 6.74. The molecule has 260 valence electrons. The molecule has 48 heavy (non-hydrogen) atoms. The van der Waals surface area contributed by atoms with Crippen LogP contribution in [0.15, 0.2) is 73.3 Å². The third-order valence-electron chi connectivity index (χ3n) is 7.70. The van der Waals surface area contributed by atoms with Crippen molar-refractivity contribution in [3.63, 3.8) is 0 Å². The van der Waals surface area contributed by atoms with Crippen LogP contribution in [0.25, 0.3) is 11.4 Å². The summed E-state index contributed by atoms with van der Waals surface area (Å²) in [7, 11) is 0. The standard InChI is InChI=1S/2C18H19FN4.2Pt/c2*1-15-12-17(21-20-15)7-3-2-4-9-22-10-11-23(14-22)18-8-5-6-16(19)13-18;;/h2*5-6,10-13H,2-4,7,9H2,1H3;;/q2*-2;;. The Morgan fingerprint density at radius 3 is 1.44 bits per heavy atom. The van der Waals surface area contributed by atoms with E-state index in [1.807, 2.05) is 59.9 Å². The monoisotopic (exact) mass is 1010 g/mol. The van der Waals surface area contributed by atoms with Crippen molar-refractivity contribution in [1.82, 2.24) is 38.7 Å². The number of unbranched alkanes of at least 4 members (excludes halogenated alkanes) is 4. The molecule has 0 saturated heterocycles. The fourth-order valence-electron chi connectivity index (χ4n) is 5.25. The minimum absolute atomic E-state index is 0.245. The van der Waals surface area contributed by atoms with Gasteiger partial charge in [-0.15, -0.1) is 0 Å². The van der Waals surface area contributed by atoms with Crippen LogP contribution in [-0.4, -0.2) is 28.5 Å². The molecule has 0 aliphatic carbocycles. The second-order valence-corrected chi connectivity index (χ2v) is 13.6. The maximum absolute atomic E-state index is 13.4. The van der Waals surface area contributed by atoms with E-state index in [0.717, 1.165) is 106 Å². The molecule has 8 nitrogen and oxygen atoms in total. The van der Waals surface area contributed by atoms with E-state index < -0.39 is 0 Å². The van der Waals surface area contributed by atoms with Gasteiger partial charge >= 0.3 is 303 Å². The Kier molecular flexibility index (Phi) is 13.3. The normalized spacial score (nSPS) is 11.2. The van der Waals surface area contributed by atoms with E-state index in [4.69, 9.17) is 0 Å². The Balaban J connectivity index is 0.000000188. The first-order valence-electron chi connectivity index (χ1n) is 16.0. The first kappa shape index (κ1) is 35.8. The number of nitrogens with zero attached hydrogens (tertiary/aromatic N) is 8. The van der Waals surface area contributed by atoms with Gasteiger partial charge in [-0.1, -0.05) is 0 Å². The first-order chi connectivity index (χ1) is 23.3. The molecule has 0 N–H and O–H groups in total. The van der Waals surface area contributed by atoms with Crippen LogP contribution in [0.3, 0.4) is 0 Å². The summed E-state index contributed by atoms with van der Waals surface area (Å²) < 4.78 is 37.1. The van der Waals surface area contributed by atoms with Crippen molar-refractivity contribution >= 4 is 0 Å². The van der Waals surface area contributed by atoms with E-state index in [0.29, 0.717) is 0 Å². The minimum atomic E-state index is -0.245. The molecule has 4 aromatic heterocycles. The average Bonchev–Trinajstić information content (AvgIpc) is 3.86. The van der Waals surface area contributed by atoms with E-state index in [9.17, 15) is 8.78 Å². The van der Waals surface area contributed by atoms with Gasteiger partial charge in [0.1, 0.15) is 0 Å². The van der Waals surface area contributed by atoms with Gasteiger partial charge in [-0.25, -0.2) is 0 Å². The summed E-state index contributed by atoms with van der Waals surface area (Å²) in [5.41, 5.74) is 5.61. The Morgan fingerprint density at radius 2 is 1.06 bits per heavy atom. The zero-order valence-corrected chi connectivity index (χ0v) is 31.5. The Labute approximate surface area is 301 Å². The van der Waals surface area contributed by atoms with Gasteiger partial charge in [0.15, 0.2) is 0 Å². The quantitative estimate of drug-likeness (QED) is 0.0897. The van der Waals surface area contributed by atoms with Gasteiger partial charge in [-0.2, -0.15) is 0 Å². The van der Waals surface area contributed by atoms with Crippen molar-refractivity contribution in [2.24, 2.45) is 0 Å². The molecule has 0 spiro atoms. The summed E-state index contributed by atoms with van der Waals surface area (Å²) in [6.45, 7) is 5.84. The third-order valence-corrected chi connectivity index (χ3v) is 10.1. The molecular formula is C36H38F2N8Pt2-4. The van der Waals surface area contributed by atoms with Gasteiger partial charge in [0.25, 0.3) is 0 Å². The molecule has 6 rings (SSSR count). The van der Waals surface area contributed by atoms with Crippen LogP contribution in [0.2, 0.25) is 0 Å². The van der Waals surface area contributed by atoms with E-state index in [1.165, 1.54) is 24.3 Å². The molecule has 0 unspecified atom stereocenters. The SMILES string of the molecule is Cc1cc(CCCCCn2ccn(-c3[c-]ccc(F)c3)[c]2=[Pt])n[n-]1.Cc1cc(CCCCCn2ccn(-c3[c-]ccc(F)c3)[c]2=[Pt])n[n-]1. The summed E-state index contributed by atoms with van der Waals surface area (Å²) in [5, 5.41) is 16.3. The van der Waals surface area contributed by atoms with Crippen LogP contribution in [0, 0.1) is 45.2 Å². The molecule has 0 radical (unpaired) electrons. The summed E-state index contributed by atoms with van der Waals surface area (Å²) in [4.78, 5) is 0. The molecule has 0 aliphatic heterocycles. The summed E-state index contributed by atoms with van der Waals surface area (Å²) in [6, 6.07) is 19.3. The number of imidazole rings is 2. The van der Waals surface area contributed by atoms with Gasteiger partial charge < -0.3 is 0 Å². The van der Waals surface area contributed by atoms with E-state index in [1.54, 1.807) is 12.1 Å². The van der Waals surface area contributed by atoms with Gasteiger partial charge in [0.2, 0.25) is 0 Å². The fourth-order valence-corrected chi connectivity index (χ4v) is 6.99. The number of hydrogen-bond acceptors (Lipinski definition) is 2. The van der Waals surface area contributed by atoms with Gasteiger partial charge in [0, 0.05) is 0 Å². The van der Waals surface area contributed by atoms with Crippen LogP contribution < -0.4 is 10.2 Å². The molecule has 6 aromatic rings. The van der Waals surface area contributed by atoms with Gasteiger partial charge in [-0.05, 0) is 0 Å². The van der Waals surface area contributed by atoms with Gasteiger partial charge in [0.05, 0.1) is 0 Å². The fraction of sp³-hybridized carbons (Fsp3) is 0.333. The number of aromatic nitrogens is 8. The number of halogens is 2. The number of rotatable bonds is 14. The summed E-state index contributed by atoms with van der Waals surface area (Å²) in [6.07, 6.45) is 16.7. The van der Waals surface area contributed by atoms with Crippen LogP contribution in [-0.2, 0) is 64.6 Å². The van der Waals surface area contributed by atoms with Crippen LogP contribution in [0.4, 0.5) is 8.78 Å². The molecule has 0 fully saturated rings. The number of hydrogen-bond donors (Lipinski definition) is 0. The average molecular weight is 1010 g/mol. The molecule has 0 saturated carbocycles. The molecule has 0 amide bonds. The van der Waals surface area contributed by atoms with Crippen molar-refractivity contribution in [2.45, 2.75) is 78.3 Å². The zero-order chi connectivity index (χ0) is 33.9. The second-order valence-electron chi connectivity index (χ2n) is 11.6. The van der Waals surface area contributed by atoms with E-state index in [2.05, 4.69) is 80.4 Å². The molecule has 0 atom stereocenters. The van der Waals surface area contributed by atoms with Crippen LogP contribution in [0.1, 0.15) is 61.3 Å². The van der Waals surface area contributed by atoms with Gasteiger partial charge in [-0.3, -0.25) is 0 Å². The molecular weight excluding hydrogens is 973 g/mol. The van der Waals surface area contributed by atoms with Crippen molar-refractivity contribution in [3.8, 4) is 11.4 Å². The number of benzene rings is 2. The molecule has 2 aromatic carbocycles. The molecule has 0 aliphatic rings. The van der Waals surface area contributed by atoms with Crippen LogP contribution in [0.5, 0.6) is 0 Å². The van der Waals surface area contributed by atoms with E-state index >= 15 is 0 Å². The van der Waals surface area contributed by atoms with Crippen molar-refractivity contribution in [2.75, 3.05) is 0 Å². The second kappa shape index (κ2) is 17.8. The Morgan fingerprint density at radius 1 is 0.625 bits per heavy atom. The zero-order valence-electron chi connectivity index (χ0n) is 27.0. The van der Waals surface area contributed by atoms with Crippen molar-refractivity contribution in [3.05, 3.63) is 127 Å². The van der Waals surface area contributed by atoms with E-state index in [-0.39, 0.29) is 11.6 Å². The molecule has 4 heterocycles. The Hall–Kier alpha value is -3.48. The maximum atomic E-state index is 13.4. The number of aryl methyl sites for hydroxylation is 6. The Bertz CT molecular complexity index is 1870. The molecule has 12 heteroatoms.